The predicted molar refractivity (Wildman–Crippen MR) is 136 cm³/mol. The number of aromatic hydroxyl groups is 1. The summed E-state index contributed by atoms with van der Waals surface area (Å²) >= 11 is 0. The second-order valence-electron chi connectivity index (χ2n) is 8.61. The number of phenolic OH excluding ortho intramolecular Hbond substituents is 1. The molecule has 1 saturated heterocycles. The summed E-state index contributed by atoms with van der Waals surface area (Å²) in [5.41, 5.74) is 0.710. The third-order valence-corrected chi connectivity index (χ3v) is 7.97. The summed E-state index contributed by atoms with van der Waals surface area (Å²) in [4.78, 5) is 27.0. The average Bonchev–Trinajstić information content (AvgIpc) is 3.37. The van der Waals surface area contributed by atoms with E-state index in [0.717, 1.165) is 0 Å². The normalized spacial score (nSPS) is 16.2. The quantitative estimate of drug-likeness (QED) is 0.405. The van der Waals surface area contributed by atoms with E-state index >= 15 is 0 Å². The van der Waals surface area contributed by atoms with E-state index in [-0.39, 0.29) is 18.1 Å². The van der Waals surface area contributed by atoms with Crippen molar-refractivity contribution in [2.45, 2.75) is 38.0 Å². The average molecular weight is 509 g/mol. The summed E-state index contributed by atoms with van der Waals surface area (Å²) in [6, 6.07) is 23.0. The van der Waals surface area contributed by atoms with Gasteiger partial charge in [-0.05, 0) is 54.8 Å². The second-order valence-corrected chi connectivity index (χ2v) is 10.7. The molecule has 2 N–H and O–H groups in total. The molecule has 2 amide bonds. The van der Waals surface area contributed by atoms with Crippen molar-refractivity contribution in [3.8, 4) is 17.2 Å². The Morgan fingerprint density at radius 1 is 0.972 bits per heavy atom. The van der Waals surface area contributed by atoms with Gasteiger partial charge >= 0.3 is 7.60 Å². The van der Waals surface area contributed by atoms with Crippen molar-refractivity contribution >= 4 is 19.4 Å². The molecule has 1 fully saturated rings. The van der Waals surface area contributed by atoms with Gasteiger partial charge in [-0.3, -0.25) is 9.59 Å². The minimum Gasteiger partial charge on any atom is -0.508 e. The Balaban J connectivity index is 1.70. The van der Waals surface area contributed by atoms with Gasteiger partial charge in [-0.25, -0.2) is 4.57 Å². The van der Waals surface area contributed by atoms with Gasteiger partial charge in [0.25, 0.3) is 0 Å². The van der Waals surface area contributed by atoms with Gasteiger partial charge in [0.1, 0.15) is 23.3 Å². The number of phenols is 1. The SMILES string of the molecule is CC(=O)N1CCC[C@H]1C(=O)NC(Cc1ccc(O)cc1)P(=O)(Oc1ccccc1)Oc1ccccc1. The van der Waals surface area contributed by atoms with Crippen LogP contribution in [-0.2, 0) is 20.6 Å². The van der Waals surface area contributed by atoms with E-state index in [2.05, 4.69) is 5.32 Å². The zero-order valence-electron chi connectivity index (χ0n) is 19.9. The Bertz CT molecular complexity index is 1170. The maximum atomic E-state index is 14.5. The highest BCUT2D eigenvalue weighted by Crippen LogP contribution is 2.53. The third-order valence-electron chi connectivity index (χ3n) is 5.97. The first-order valence-electron chi connectivity index (χ1n) is 11.8. The lowest BCUT2D eigenvalue weighted by molar-refractivity contribution is -0.137. The summed E-state index contributed by atoms with van der Waals surface area (Å²) in [5, 5.41) is 12.6. The molecular formula is C27H29N2O6P. The van der Waals surface area contributed by atoms with Crippen LogP contribution >= 0.6 is 7.60 Å². The molecule has 0 aliphatic carbocycles. The summed E-state index contributed by atoms with van der Waals surface area (Å²) in [6.45, 7) is 1.93. The number of benzene rings is 3. The molecule has 3 aromatic rings. The van der Waals surface area contributed by atoms with Crippen molar-refractivity contribution in [2.24, 2.45) is 0 Å². The van der Waals surface area contributed by atoms with E-state index < -0.39 is 25.3 Å². The molecule has 4 rings (SSSR count). The minimum absolute atomic E-state index is 0.0895. The zero-order valence-corrected chi connectivity index (χ0v) is 20.8. The Kier molecular flexibility index (Phi) is 7.96. The van der Waals surface area contributed by atoms with Crippen LogP contribution in [0.25, 0.3) is 0 Å². The van der Waals surface area contributed by atoms with E-state index in [0.29, 0.717) is 36.4 Å². The molecule has 36 heavy (non-hydrogen) atoms. The molecule has 0 spiro atoms. The smallest absolute Gasteiger partial charge is 0.453 e. The first kappa shape index (κ1) is 25.3. The van der Waals surface area contributed by atoms with Crippen LogP contribution in [0.5, 0.6) is 17.2 Å². The molecule has 2 atom stereocenters. The molecule has 1 aliphatic rings. The molecule has 0 aromatic heterocycles. The number of carbonyl (C=O) groups is 2. The van der Waals surface area contributed by atoms with E-state index in [4.69, 9.17) is 9.05 Å². The number of para-hydroxylation sites is 2. The van der Waals surface area contributed by atoms with Crippen LogP contribution in [0.1, 0.15) is 25.3 Å². The van der Waals surface area contributed by atoms with Gasteiger partial charge in [-0.2, -0.15) is 0 Å². The molecule has 8 nitrogen and oxygen atoms in total. The predicted octanol–water partition coefficient (Wildman–Crippen LogP) is 4.74. The van der Waals surface area contributed by atoms with Crippen molar-refractivity contribution in [3.05, 3.63) is 90.5 Å². The van der Waals surface area contributed by atoms with Gasteiger partial charge in [-0.1, -0.05) is 48.5 Å². The fourth-order valence-electron chi connectivity index (χ4n) is 4.18. The lowest BCUT2D eigenvalue weighted by Gasteiger charge is -2.30. The lowest BCUT2D eigenvalue weighted by atomic mass is 10.1. The van der Waals surface area contributed by atoms with E-state index in [1.807, 2.05) is 12.1 Å². The van der Waals surface area contributed by atoms with E-state index in [1.54, 1.807) is 60.7 Å². The van der Waals surface area contributed by atoms with E-state index in [1.165, 1.54) is 24.0 Å². The fourth-order valence-corrected chi connectivity index (χ4v) is 6.02. The van der Waals surface area contributed by atoms with Crippen molar-refractivity contribution < 1.29 is 28.3 Å². The van der Waals surface area contributed by atoms with Crippen LogP contribution in [0, 0.1) is 0 Å². The van der Waals surface area contributed by atoms with Gasteiger partial charge in [0, 0.05) is 19.9 Å². The number of carbonyl (C=O) groups excluding carboxylic acids is 2. The first-order chi connectivity index (χ1) is 17.3. The summed E-state index contributed by atoms with van der Waals surface area (Å²) in [6.07, 6.45) is 1.33. The second kappa shape index (κ2) is 11.3. The Labute approximate surface area is 210 Å². The molecule has 0 radical (unpaired) electrons. The van der Waals surface area contributed by atoms with Crippen LogP contribution in [0.2, 0.25) is 0 Å². The molecule has 0 saturated carbocycles. The highest BCUT2D eigenvalue weighted by atomic mass is 31.2. The van der Waals surface area contributed by atoms with Crippen LogP contribution < -0.4 is 14.4 Å². The Morgan fingerprint density at radius 2 is 1.53 bits per heavy atom. The molecule has 9 heteroatoms. The molecule has 1 heterocycles. The van der Waals surface area contributed by atoms with Gasteiger partial charge in [-0.15, -0.1) is 0 Å². The summed E-state index contributed by atoms with van der Waals surface area (Å²) < 4.78 is 26.5. The number of nitrogens with zero attached hydrogens (tertiary/aromatic N) is 1. The number of rotatable bonds is 9. The fraction of sp³-hybridized carbons (Fsp3) is 0.259. The highest BCUT2D eigenvalue weighted by Gasteiger charge is 2.43. The molecule has 188 valence electrons. The molecule has 3 aromatic carbocycles. The van der Waals surface area contributed by atoms with Crippen LogP contribution in [0.3, 0.4) is 0 Å². The zero-order chi connectivity index (χ0) is 25.5. The number of amides is 2. The van der Waals surface area contributed by atoms with Crippen molar-refractivity contribution in [1.29, 1.82) is 0 Å². The van der Waals surface area contributed by atoms with Crippen LogP contribution in [0.15, 0.2) is 84.9 Å². The van der Waals surface area contributed by atoms with E-state index in [9.17, 15) is 19.3 Å². The maximum Gasteiger partial charge on any atom is 0.453 e. The molecule has 1 aliphatic heterocycles. The Morgan fingerprint density at radius 3 is 2.06 bits per heavy atom. The number of likely N-dealkylation sites (tertiary alicyclic amines) is 1. The topological polar surface area (TPSA) is 105 Å². The molecule has 1 unspecified atom stereocenters. The standard InChI is InChI=1S/C27H29N2O6P/c1-20(30)29-18-8-13-25(29)27(32)28-26(19-21-14-16-22(31)17-15-21)36(33,34-23-9-4-2-5-10-23)35-24-11-6-3-7-12-24/h2-7,9-12,14-17,25-26,31H,8,13,18-19H2,1H3,(H,28,32)/t25-,26?/m0/s1. The lowest BCUT2D eigenvalue weighted by Crippen LogP contribution is -2.49. The molecular weight excluding hydrogens is 479 g/mol. The largest absolute Gasteiger partial charge is 0.508 e. The number of nitrogens with one attached hydrogen (secondary N) is 1. The van der Waals surface area contributed by atoms with Gasteiger partial charge in [0.15, 0.2) is 5.78 Å². The monoisotopic (exact) mass is 508 g/mol. The number of hydrogen-bond donors (Lipinski definition) is 2. The van der Waals surface area contributed by atoms with Crippen molar-refractivity contribution in [2.75, 3.05) is 6.54 Å². The summed E-state index contributed by atoms with van der Waals surface area (Å²) in [5.74, 6) is -0.941. The van der Waals surface area contributed by atoms with Crippen LogP contribution in [-0.4, -0.2) is 40.2 Å². The van der Waals surface area contributed by atoms with Gasteiger partial charge in [0.2, 0.25) is 11.8 Å². The van der Waals surface area contributed by atoms with Gasteiger partial charge < -0.3 is 24.4 Å². The maximum absolute atomic E-state index is 14.5. The number of hydrogen-bond acceptors (Lipinski definition) is 6. The Hall–Kier alpha value is -3.77. The third kappa shape index (κ3) is 6.26. The van der Waals surface area contributed by atoms with Crippen molar-refractivity contribution in [1.82, 2.24) is 10.2 Å². The molecule has 0 bridgehead atoms. The highest BCUT2D eigenvalue weighted by molar-refractivity contribution is 7.55. The van der Waals surface area contributed by atoms with Crippen molar-refractivity contribution in [3.63, 3.8) is 0 Å². The van der Waals surface area contributed by atoms with Gasteiger partial charge in [0.05, 0.1) is 0 Å². The van der Waals surface area contributed by atoms with Crippen LogP contribution in [0.4, 0.5) is 0 Å². The summed E-state index contributed by atoms with van der Waals surface area (Å²) in [7, 11) is -4.09. The minimum atomic E-state index is -4.09. The first-order valence-corrected chi connectivity index (χ1v) is 13.4.